The maximum absolute atomic E-state index is 13.0. The second kappa shape index (κ2) is 7.39. The van der Waals surface area contributed by atoms with Crippen LogP contribution in [0.5, 0.6) is 5.75 Å². The zero-order valence-corrected chi connectivity index (χ0v) is 17.0. The van der Waals surface area contributed by atoms with E-state index in [1.54, 1.807) is 6.07 Å². The number of sulfonamides is 1. The van der Waals surface area contributed by atoms with E-state index in [1.165, 1.54) is 12.1 Å². The normalized spacial score (nSPS) is 18.8. The van der Waals surface area contributed by atoms with Gasteiger partial charge in [-0.1, -0.05) is 55.2 Å². The van der Waals surface area contributed by atoms with Crippen LogP contribution in [0.25, 0.3) is 0 Å². The van der Waals surface area contributed by atoms with Crippen molar-refractivity contribution in [3.05, 3.63) is 58.1 Å². The van der Waals surface area contributed by atoms with E-state index in [0.29, 0.717) is 17.2 Å². The van der Waals surface area contributed by atoms with Gasteiger partial charge in [0.15, 0.2) is 0 Å². The molecule has 140 valence electrons. The summed E-state index contributed by atoms with van der Waals surface area (Å²) in [6.07, 6.45) is 2.12. The number of hydrogen-bond donors (Lipinski definition) is 1. The SMILES string of the molecule is CCC1(CC)C[C@@H](NS(=O)(=O)c2cc(Cl)ccc2Cl)c2ccccc2O1. The van der Waals surface area contributed by atoms with Gasteiger partial charge in [0.2, 0.25) is 10.0 Å². The van der Waals surface area contributed by atoms with Crippen LogP contribution in [0.3, 0.4) is 0 Å². The molecule has 0 spiro atoms. The van der Waals surface area contributed by atoms with Gasteiger partial charge in [-0.3, -0.25) is 0 Å². The van der Waals surface area contributed by atoms with E-state index in [1.807, 2.05) is 24.3 Å². The third-order valence-electron chi connectivity index (χ3n) is 4.97. The van der Waals surface area contributed by atoms with Gasteiger partial charge in [-0.15, -0.1) is 0 Å². The highest BCUT2D eigenvalue weighted by Gasteiger charge is 2.40. The molecule has 1 N–H and O–H groups in total. The molecule has 26 heavy (non-hydrogen) atoms. The Morgan fingerprint density at radius 2 is 1.85 bits per heavy atom. The third kappa shape index (κ3) is 3.72. The molecule has 7 heteroatoms. The molecule has 0 unspecified atom stereocenters. The van der Waals surface area contributed by atoms with Crippen molar-refractivity contribution >= 4 is 33.2 Å². The Bertz CT molecular complexity index is 911. The molecule has 1 aliphatic rings. The van der Waals surface area contributed by atoms with Crippen LogP contribution >= 0.6 is 23.2 Å². The summed E-state index contributed by atoms with van der Waals surface area (Å²) in [5.74, 6) is 0.715. The molecular formula is C19H21Cl2NO3S. The molecular weight excluding hydrogens is 393 g/mol. The second-order valence-corrected chi connectivity index (χ2v) is 9.01. The van der Waals surface area contributed by atoms with Crippen molar-refractivity contribution < 1.29 is 13.2 Å². The topological polar surface area (TPSA) is 55.4 Å². The van der Waals surface area contributed by atoms with Crippen LogP contribution in [0.15, 0.2) is 47.4 Å². The van der Waals surface area contributed by atoms with Gasteiger partial charge in [0.05, 0.1) is 11.1 Å². The summed E-state index contributed by atoms with van der Waals surface area (Å²) in [6.45, 7) is 4.10. The lowest BCUT2D eigenvalue weighted by molar-refractivity contribution is 0.0260. The van der Waals surface area contributed by atoms with Crippen molar-refractivity contribution in [3.63, 3.8) is 0 Å². The zero-order valence-electron chi connectivity index (χ0n) is 14.6. The third-order valence-corrected chi connectivity index (χ3v) is 7.15. The van der Waals surface area contributed by atoms with E-state index in [4.69, 9.17) is 27.9 Å². The van der Waals surface area contributed by atoms with E-state index in [9.17, 15) is 8.42 Å². The number of ether oxygens (including phenoxy) is 1. The molecule has 0 saturated heterocycles. The Hall–Kier alpha value is -1.27. The van der Waals surface area contributed by atoms with Gasteiger partial charge in [-0.25, -0.2) is 13.1 Å². The molecule has 3 rings (SSSR count). The summed E-state index contributed by atoms with van der Waals surface area (Å²) >= 11 is 12.1. The van der Waals surface area contributed by atoms with Crippen molar-refractivity contribution in [2.24, 2.45) is 0 Å². The smallest absolute Gasteiger partial charge is 0.242 e. The maximum atomic E-state index is 13.0. The van der Waals surface area contributed by atoms with Gasteiger partial charge < -0.3 is 4.74 Å². The number of rotatable bonds is 5. The summed E-state index contributed by atoms with van der Waals surface area (Å²) in [5.41, 5.74) is 0.423. The van der Waals surface area contributed by atoms with Crippen LogP contribution in [-0.4, -0.2) is 14.0 Å². The average molecular weight is 414 g/mol. The molecule has 2 aromatic carbocycles. The van der Waals surface area contributed by atoms with Gasteiger partial charge in [0.25, 0.3) is 0 Å². The summed E-state index contributed by atoms with van der Waals surface area (Å²) in [7, 11) is -3.84. The number of nitrogens with one attached hydrogen (secondary N) is 1. The molecule has 0 aliphatic carbocycles. The lowest BCUT2D eigenvalue weighted by Crippen LogP contribution is -2.44. The Kier molecular flexibility index (Phi) is 5.54. The largest absolute Gasteiger partial charge is 0.487 e. The van der Waals surface area contributed by atoms with Gasteiger partial charge >= 0.3 is 0 Å². The van der Waals surface area contributed by atoms with Crippen molar-refractivity contribution in [1.29, 1.82) is 0 Å². The highest BCUT2D eigenvalue weighted by molar-refractivity contribution is 7.89. The molecule has 1 atom stereocenters. The highest BCUT2D eigenvalue weighted by atomic mass is 35.5. The van der Waals surface area contributed by atoms with Crippen LogP contribution < -0.4 is 9.46 Å². The number of fused-ring (bicyclic) bond motifs is 1. The van der Waals surface area contributed by atoms with Crippen molar-refractivity contribution in [2.75, 3.05) is 0 Å². The monoisotopic (exact) mass is 413 g/mol. The van der Waals surface area contributed by atoms with Crippen LogP contribution in [0.2, 0.25) is 10.0 Å². The second-order valence-electron chi connectivity index (χ2n) is 6.48. The first-order chi connectivity index (χ1) is 12.3. The minimum atomic E-state index is -3.84. The van der Waals surface area contributed by atoms with Crippen LogP contribution in [-0.2, 0) is 10.0 Å². The fourth-order valence-electron chi connectivity index (χ4n) is 3.34. The molecule has 0 fully saturated rings. The maximum Gasteiger partial charge on any atom is 0.242 e. The molecule has 0 aromatic heterocycles. The predicted molar refractivity (Wildman–Crippen MR) is 105 cm³/mol. The summed E-state index contributed by atoms with van der Waals surface area (Å²) in [4.78, 5) is -0.0192. The lowest BCUT2D eigenvalue weighted by atomic mass is 9.84. The van der Waals surface area contributed by atoms with E-state index in [-0.39, 0.29) is 9.92 Å². The average Bonchev–Trinajstić information content (AvgIpc) is 2.63. The van der Waals surface area contributed by atoms with Crippen LogP contribution in [0.1, 0.15) is 44.7 Å². The predicted octanol–water partition coefficient (Wildman–Crippen LogP) is 5.35. The van der Waals surface area contributed by atoms with Gasteiger partial charge in [-0.2, -0.15) is 0 Å². The molecule has 0 saturated carbocycles. The fraction of sp³-hybridized carbons (Fsp3) is 0.368. The first kappa shape index (κ1) is 19.5. The quantitative estimate of drug-likeness (QED) is 0.717. The van der Waals surface area contributed by atoms with Crippen LogP contribution in [0.4, 0.5) is 0 Å². The summed E-state index contributed by atoms with van der Waals surface area (Å²) in [5, 5.41) is 0.457. The fourth-order valence-corrected chi connectivity index (χ4v) is 5.32. The van der Waals surface area contributed by atoms with Crippen molar-refractivity contribution in [3.8, 4) is 5.75 Å². The highest BCUT2D eigenvalue weighted by Crippen LogP contribution is 2.43. The first-order valence-corrected chi connectivity index (χ1v) is 10.8. The van der Waals surface area contributed by atoms with E-state index < -0.39 is 21.7 Å². The Morgan fingerprint density at radius 3 is 2.54 bits per heavy atom. The molecule has 1 heterocycles. The number of halogens is 2. The number of hydrogen-bond acceptors (Lipinski definition) is 3. The van der Waals surface area contributed by atoms with E-state index in [2.05, 4.69) is 18.6 Å². The standard InChI is InChI=1S/C19H21Cl2NO3S/c1-3-19(4-2)12-16(14-7-5-6-8-17(14)25-19)22-26(23,24)18-11-13(20)9-10-15(18)21/h5-11,16,22H,3-4,12H2,1-2H3/t16-/m1/s1. The molecule has 0 bridgehead atoms. The van der Waals surface area contributed by atoms with E-state index >= 15 is 0 Å². The Morgan fingerprint density at radius 1 is 1.15 bits per heavy atom. The molecule has 2 aromatic rings. The molecule has 1 aliphatic heterocycles. The summed E-state index contributed by atoms with van der Waals surface area (Å²) < 4.78 is 35.0. The minimum Gasteiger partial charge on any atom is -0.487 e. The Balaban J connectivity index is 2.01. The number of para-hydroxylation sites is 1. The Labute approximate surface area is 164 Å². The molecule has 0 amide bonds. The van der Waals surface area contributed by atoms with Gasteiger partial charge in [0, 0.05) is 17.0 Å². The molecule has 0 radical (unpaired) electrons. The number of benzene rings is 2. The van der Waals surface area contributed by atoms with Crippen LogP contribution in [0, 0.1) is 0 Å². The van der Waals surface area contributed by atoms with Gasteiger partial charge in [0.1, 0.15) is 16.2 Å². The summed E-state index contributed by atoms with van der Waals surface area (Å²) in [6, 6.07) is 11.5. The first-order valence-electron chi connectivity index (χ1n) is 8.55. The van der Waals surface area contributed by atoms with Gasteiger partial charge in [-0.05, 0) is 37.1 Å². The van der Waals surface area contributed by atoms with E-state index in [0.717, 1.165) is 18.4 Å². The zero-order chi connectivity index (χ0) is 18.9. The molecule has 4 nitrogen and oxygen atoms in total. The minimum absolute atomic E-state index is 0.0192. The van der Waals surface area contributed by atoms with Crippen molar-refractivity contribution in [1.82, 2.24) is 4.72 Å². The van der Waals surface area contributed by atoms with Crippen molar-refractivity contribution in [2.45, 2.75) is 49.6 Å². The lowest BCUT2D eigenvalue weighted by Gasteiger charge is -2.41.